The molecule has 0 unspecified atom stereocenters. The first-order valence-electron chi connectivity index (χ1n) is 7.07. The van der Waals surface area contributed by atoms with E-state index in [0.717, 1.165) is 25.2 Å². The average molecular weight is 320 g/mol. The number of anilines is 2. The highest BCUT2D eigenvalue weighted by atomic mass is 19.2. The van der Waals surface area contributed by atoms with Crippen LogP contribution in [0.15, 0.2) is 36.5 Å². The van der Waals surface area contributed by atoms with Crippen LogP contribution in [0.25, 0.3) is 0 Å². The van der Waals surface area contributed by atoms with Gasteiger partial charge in [-0.3, -0.25) is 4.79 Å². The van der Waals surface area contributed by atoms with E-state index in [9.17, 15) is 13.6 Å². The molecule has 0 bridgehead atoms. The third-order valence-electron chi connectivity index (χ3n) is 3.07. The summed E-state index contributed by atoms with van der Waals surface area (Å²) in [5, 5.41) is 5.73. The van der Waals surface area contributed by atoms with Crippen LogP contribution in [-0.4, -0.2) is 43.0 Å². The average Bonchev–Trinajstić information content (AvgIpc) is 2.51. The Balaban J connectivity index is 1.94. The van der Waals surface area contributed by atoms with E-state index < -0.39 is 17.5 Å². The second kappa shape index (κ2) is 7.64. The molecule has 0 atom stereocenters. The predicted octanol–water partition coefficient (Wildman–Crippen LogP) is 2.59. The van der Waals surface area contributed by atoms with Gasteiger partial charge in [0, 0.05) is 18.7 Å². The van der Waals surface area contributed by atoms with Crippen molar-refractivity contribution in [2.24, 2.45) is 0 Å². The van der Waals surface area contributed by atoms with Crippen LogP contribution in [0.3, 0.4) is 0 Å². The van der Waals surface area contributed by atoms with Crippen LogP contribution in [0.2, 0.25) is 0 Å². The molecule has 2 rings (SSSR count). The van der Waals surface area contributed by atoms with E-state index >= 15 is 0 Å². The van der Waals surface area contributed by atoms with Gasteiger partial charge in [-0.05, 0) is 44.4 Å². The highest BCUT2D eigenvalue weighted by molar-refractivity contribution is 6.04. The molecule has 0 saturated heterocycles. The number of nitrogens with one attached hydrogen (secondary N) is 2. The first-order valence-corrected chi connectivity index (χ1v) is 7.07. The zero-order valence-corrected chi connectivity index (χ0v) is 12.9. The Bertz CT molecular complexity index is 674. The molecule has 122 valence electrons. The molecular formula is C16H18F2N4O. The summed E-state index contributed by atoms with van der Waals surface area (Å²) in [6.45, 7) is 1.62. The number of amides is 1. The summed E-state index contributed by atoms with van der Waals surface area (Å²) in [6.07, 6.45) is 1.50. The van der Waals surface area contributed by atoms with Crippen molar-refractivity contribution in [3.05, 3.63) is 53.7 Å². The van der Waals surface area contributed by atoms with Gasteiger partial charge in [0.2, 0.25) is 0 Å². The summed E-state index contributed by atoms with van der Waals surface area (Å²) in [4.78, 5) is 18.2. The Kier molecular flexibility index (Phi) is 5.59. The number of carbonyl (C=O) groups is 1. The van der Waals surface area contributed by atoms with Gasteiger partial charge < -0.3 is 15.5 Å². The zero-order chi connectivity index (χ0) is 16.8. The standard InChI is InChI=1S/C16H18F2N4O/c1-22(2)8-7-19-15-6-4-12(10-20-15)21-16(23)11-3-5-13(17)14(18)9-11/h3-6,9-10H,7-8H2,1-2H3,(H,19,20)(H,21,23). The molecule has 0 radical (unpaired) electrons. The second-order valence-corrected chi connectivity index (χ2v) is 5.25. The van der Waals surface area contributed by atoms with Crippen LogP contribution in [-0.2, 0) is 0 Å². The van der Waals surface area contributed by atoms with Gasteiger partial charge in [-0.2, -0.15) is 0 Å². The molecule has 23 heavy (non-hydrogen) atoms. The van der Waals surface area contributed by atoms with Gasteiger partial charge >= 0.3 is 0 Å². The van der Waals surface area contributed by atoms with Crippen molar-refractivity contribution >= 4 is 17.4 Å². The fourth-order valence-electron chi connectivity index (χ4n) is 1.82. The molecule has 0 aliphatic heterocycles. The van der Waals surface area contributed by atoms with Crippen molar-refractivity contribution in [2.45, 2.75) is 0 Å². The van der Waals surface area contributed by atoms with Crippen molar-refractivity contribution in [1.29, 1.82) is 0 Å². The Morgan fingerprint density at radius 2 is 1.96 bits per heavy atom. The Hall–Kier alpha value is -2.54. The van der Waals surface area contributed by atoms with Crippen LogP contribution in [0.5, 0.6) is 0 Å². The van der Waals surface area contributed by atoms with Crippen LogP contribution in [0, 0.1) is 11.6 Å². The molecule has 0 aliphatic rings. The fraction of sp³-hybridized carbons (Fsp3) is 0.250. The van der Waals surface area contributed by atoms with Crippen LogP contribution >= 0.6 is 0 Å². The minimum atomic E-state index is -1.06. The third-order valence-corrected chi connectivity index (χ3v) is 3.07. The highest BCUT2D eigenvalue weighted by Crippen LogP contribution is 2.13. The molecule has 7 heteroatoms. The Morgan fingerprint density at radius 1 is 1.17 bits per heavy atom. The van der Waals surface area contributed by atoms with Gasteiger partial charge in [0.05, 0.1) is 11.9 Å². The highest BCUT2D eigenvalue weighted by Gasteiger charge is 2.10. The molecule has 1 heterocycles. The molecule has 0 spiro atoms. The molecule has 1 amide bonds. The predicted molar refractivity (Wildman–Crippen MR) is 85.6 cm³/mol. The van der Waals surface area contributed by atoms with E-state index in [1.807, 2.05) is 19.0 Å². The van der Waals surface area contributed by atoms with Crippen LogP contribution in [0.4, 0.5) is 20.3 Å². The monoisotopic (exact) mass is 320 g/mol. The molecule has 0 saturated carbocycles. The summed E-state index contributed by atoms with van der Waals surface area (Å²) < 4.78 is 26.0. The molecule has 1 aromatic carbocycles. The quantitative estimate of drug-likeness (QED) is 0.859. The first kappa shape index (κ1) is 16.8. The topological polar surface area (TPSA) is 57.3 Å². The van der Waals surface area contributed by atoms with Crippen LogP contribution in [0.1, 0.15) is 10.4 Å². The Morgan fingerprint density at radius 3 is 2.57 bits per heavy atom. The number of pyridine rings is 1. The van der Waals surface area contributed by atoms with E-state index in [1.54, 1.807) is 12.1 Å². The summed E-state index contributed by atoms with van der Waals surface area (Å²) in [6, 6.07) is 6.41. The number of benzene rings is 1. The Labute approximate surface area is 133 Å². The number of likely N-dealkylation sites (N-methyl/N-ethyl adjacent to an activating group) is 1. The normalized spacial score (nSPS) is 10.7. The van der Waals surface area contributed by atoms with E-state index in [1.165, 1.54) is 12.3 Å². The van der Waals surface area contributed by atoms with Gasteiger partial charge in [0.1, 0.15) is 5.82 Å². The molecule has 2 aromatic rings. The lowest BCUT2D eigenvalue weighted by Crippen LogP contribution is -2.21. The summed E-state index contributed by atoms with van der Waals surface area (Å²) in [5.74, 6) is -1.88. The van der Waals surface area contributed by atoms with Crippen molar-refractivity contribution in [3.63, 3.8) is 0 Å². The van der Waals surface area contributed by atoms with E-state index in [2.05, 4.69) is 15.6 Å². The maximum atomic E-state index is 13.1. The number of hydrogen-bond acceptors (Lipinski definition) is 4. The van der Waals surface area contributed by atoms with E-state index in [-0.39, 0.29) is 5.56 Å². The van der Waals surface area contributed by atoms with Crippen molar-refractivity contribution in [3.8, 4) is 0 Å². The maximum absolute atomic E-state index is 13.1. The second-order valence-electron chi connectivity index (χ2n) is 5.25. The summed E-state index contributed by atoms with van der Waals surface area (Å²) in [7, 11) is 3.96. The van der Waals surface area contributed by atoms with Crippen molar-refractivity contribution < 1.29 is 13.6 Å². The van der Waals surface area contributed by atoms with Gasteiger partial charge in [0.25, 0.3) is 5.91 Å². The third kappa shape index (κ3) is 5.00. The number of nitrogens with zero attached hydrogens (tertiary/aromatic N) is 2. The summed E-state index contributed by atoms with van der Waals surface area (Å²) in [5.41, 5.74) is 0.509. The number of halogens is 2. The van der Waals surface area contributed by atoms with E-state index in [4.69, 9.17) is 0 Å². The maximum Gasteiger partial charge on any atom is 0.255 e. The smallest absolute Gasteiger partial charge is 0.255 e. The van der Waals surface area contributed by atoms with Gasteiger partial charge in [-0.1, -0.05) is 0 Å². The lowest BCUT2D eigenvalue weighted by Gasteiger charge is -2.11. The zero-order valence-electron chi connectivity index (χ0n) is 12.9. The number of aromatic nitrogens is 1. The minimum Gasteiger partial charge on any atom is -0.369 e. The first-order chi connectivity index (χ1) is 11.0. The van der Waals surface area contributed by atoms with Crippen molar-refractivity contribution in [2.75, 3.05) is 37.8 Å². The summed E-state index contributed by atoms with van der Waals surface area (Å²) >= 11 is 0. The van der Waals surface area contributed by atoms with Crippen molar-refractivity contribution in [1.82, 2.24) is 9.88 Å². The van der Waals surface area contributed by atoms with E-state index in [0.29, 0.717) is 11.5 Å². The lowest BCUT2D eigenvalue weighted by atomic mass is 10.2. The van der Waals surface area contributed by atoms with Crippen LogP contribution < -0.4 is 10.6 Å². The van der Waals surface area contributed by atoms with Gasteiger partial charge in [-0.15, -0.1) is 0 Å². The number of hydrogen-bond donors (Lipinski definition) is 2. The molecule has 2 N–H and O–H groups in total. The molecule has 0 aliphatic carbocycles. The lowest BCUT2D eigenvalue weighted by molar-refractivity contribution is 0.102. The largest absolute Gasteiger partial charge is 0.369 e. The fourth-order valence-corrected chi connectivity index (χ4v) is 1.82. The minimum absolute atomic E-state index is 0.0390. The number of carbonyl (C=O) groups excluding carboxylic acids is 1. The van der Waals surface area contributed by atoms with Gasteiger partial charge in [0.15, 0.2) is 11.6 Å². The molecule has 5 nitrogen and oxygen atoms in total. The molecule has 1 aromatic heterocycles. The van der Waals surface area contributed by atoms with Gasteiger partial charge in [-0.25, -0.2) is 13.8 Å². The number of rotatable bonds is 6. The SMILES string of the molecule is CN(C)CCNc1ccc(NC(=O)c2ccc(F)c(F)c2)cn1. The molecule has 0 fully saturated rings. The molecular weight excluding hydrogens is 302 g/mol.